The summed E-state index contributed by atoms with van der Waals surface area (Å²) in [5.74, 6) is 0.880. The molecule has 9 heavy (non-hydrogen) atoms. The van der Waals surface area contributed by atoms with Gasteiger partial charge in [-0.2, -0.15) is 0 Å². The first-order valence-corrected chi connectivity index (χ1v) is 3.75. The van der Waals surface area contributed by atoms with E-state index in [1.165, 1.54) is 6.54 Å². The first kappa shape index (κ1) is 7.07. The van der Waals surface area contributed by atoms with Crippen LogP contribution < -0.4 is 5.32 Å². The molecule has 54 valence electrons. The summed E-state index contributed by atoms with van der Waals surface area (Å²) in [6.07, 6.45) is 0. The fourth-order valence-electron chi connectivity index (χ4n) is 1.63. The van der Waals surface area contributed by atoms with Gasteiger partial charge in [0, 0.05) is 6.04 Å². The van der Waals surface area contributed by atoms with Crippen LogP contribution in [0.2, 0.25) is 0 Å². The molecule has 0 spiro atoms. The van der Waals surface area contributed by atoms with Gasteiger partial charge in [-0.05, 0) is 17.9 Å². The highest BCUT2D eigenvalue weighted by atomic mass is 15.0. The Morgan fingerprint density at radius 2 is 1.89 bits per heavy atom. The molecule has 1 rings (SSSR count). The lowest BCUT2D eigenvalue weighted by Gasteiger charge is -2.44. The summed E-state index contributed by atoms with van der Waals surface area (Å²) in [4.78, 5) is 0. The maximum atomic E-state index is 3.44. The normalized spacial score (nSPS) is 36.0. The van der Waals surface area contributed by atoms with Gasteiger partial charge in [0.25, 0.3) is 0 Å². The predicted molar refractivity (Wildman–Crippen MR) is 40.4 cm³/mol. The molecule has 1 nitrogen and oxygen atoms in total. The summed E-state index contributed by atoms with van der Waals surface area (Å²) in [6.45, 7) is 10.4. The smallest absolute Gasteiger partial charge is 0.0153 e. The minimum atomic E-state index is 0.456. The van der Waals surface area contributed by atoms with Crippen molar-refractivity contribution in [3.8, 4) is 0 Å². The Hall–Kier alpha value is -0.0400. The van der Waals surface area contributed by atoms with E-state index in [-0.39, 0.29) is 0 Å². The second-order valence-corrected chi connectivity index (χ2v) is 4.23. The van der Waals surface area contributed by atoms with Crippen molar-refractivity contribution in [3.63, 3.8) is 0 Å². The van der Waals surface area contributed by atoms with Crippen LogP contribution in [0.4, 0.5) is 0 Å². The van der Waals surface area contributed by atoms with Crippen molar-refractivity contribution in [1.29, 1.82) is 0 Å². The molecule has 0 aromatic carbocycles. The zero-order chi connectivity index (χ0) is 7.07. The van der Waals surface area contributed by atoms with E-state index in [9.17, 15) is 0 Å². The minimum absolute atomic E-state index is 0.456. The lowest BCUT2D eigenvalue weighted by atomic mass is 9.75. The first-order chi connectivity index (χ1) is 4.02. The molecule has 0 saturated carbocycles. The molecule has 0 bridgehead atoms. The molecule has 2 unspecified atom stereocenters. The fraction of sp³-hybridized carbons (Fsp3) is 1.00. The quantitative estimate of drug-likeness (QED) is 0.521. The third-order valence-corrected chi connectivity index (χ3v) is 2.16. The molecule has 0 aliphatic carbocycles. The lowest BCUT2D eigenvalue weighted by molar-refractivity contribution is 0.124. The van der Waals surface area contributed by atoms with Crippen LogP contribution in [0.15, 0.2) is 0 Å². The van der Waals surface area contributed by atoms with Gasteiger partial charge < -0.3 is 5.32 Å². The maximum Gasteiger partial charge on any atom is 0.0153 e. The van der Waals surface area contributed by atoms with Crippen LogP contribution in [-0.2, 0) is 0 Å². The van der Waals surface area contributed by atoms with Gasteiger partial charge in [0.2, 0.25) is 0 Å². The minimum Gasteiger partial charge on any atom is -0.313 e. The summed E-state index contributed by atoms with van der Waals surface area (Å²) < 4.78 is 0. The highest BCUT2D eigenvalue weighted by Gasteiger charge is 2.35. The zero-order valence-corrected chi connectivity index (χ0v) is 6.86. The fourth-order valence-corrected chi connectivity index (χ4v) is 1.63. The largest absolute Gasteiger partial charge is 0.313 e. The lowest BCUT2D eigenvalue weighted by Crippen LogP contribution is -2.58. The Morgan fingerprint density at radius 1 is 1.33 bits per heavy atom. The van der Waals surface area contributed by atoms with Crippen molar-refractivity contribution in [1.82, 2.24) is 5.32 Å². The van der Waals surface area contributed by atoms with Crippen LogP contribution in [-0.4, -0.2) is 12.6 Å². The van der Waals surface area contributed by atoms with Crippen molar-refractivity contribution in [3.05, 3.63) is 0 Å². The van der Waals surface area contributed by atoms with Gasteiger partial charge in [-0.3, -0.25) is 0 Å². The van der Waals surface area contributed by atoms with Crippen LogP contribution >= 0.6 is 0 Å². The molecule has 1 saturated heterocycles. The van der Waals surface area contributed by atoms with Gasteiger partial charge in [-0.25, -0.2) is 0 Å². The Morgan fingerprint density at radius 3 is 1.89 bits per heavy atom. The molecule has 1 heterocycles. The van der Waals surface area contributed by atoms with E-state index in [4.69, 9.17) is 0 Å². The van der Waals surface area contributed by atoms with Crippen LogP contribution in [0.25, 0.3) is 0 Å². The standard InChI is InChI=1S/C8H17N/c1-6-5-9-7(6)8(2,3)4/h6-7,9H,5H2,1-4H3. The van der Waals surface area contributed by atoms with E-state index >= 15 is 0 Å². The maximum absolute atomic E-state index is 3.44. The molecule has 0 amide bonds. The van der Waals surface area contributed by atoms with E-state index in [2.05, 4.69) is 33.0 Å². The van der Waals surface area contributed by atoms with Gasteiger partial charge in [0.05, 0.1) is 0 Å². The average molecular weight is 127 g/mol. The summed E-state index contributed by atoms with van der Waals surface area (Å²) in [5, 5.41) is 3.44. The summed E-state index contributed by atoms with van der Waals surface area (Å²) in [6, 6.07) is 0.748. The van der Waals surface area contributed by atoms with Crippen molar-refractivity contribution < 1.29 is 0 Å². The first-order valence-electron chi connectivity index (χ1n) is 3.75. The van der Waals surface area contributed by atoms with E-state index in [0.717, 1.165) is 12.0 Å². The van der Waals surface area contributed by atoms with Gasteiger partial charge >= 0.3 is 0 Å². The second kappa shape index (κ2) is 1.98. The molecule has 1 aliphatic rings. The average Bonchev–Trinajstić information content (AvgIpc) is 1.57. The Kier molecular flexibility index (Phi) is 1.55. The van der Waals surface area contributed by atoms with Crippen LogP contribution in [0.5, 0.6) is 0 Å². The van der Waals surface area contributed by atoms with E-state index in [1.807, 2.05) is 0 Å². The number of nitrogens with one attached hydrogen (secondary N) is 1. The number of hydrogen-bond donors (Lipinski definition) is 1. The summed E-state index contributed by atoms with van der Waals surface area (Å²) in [7, 11) is 0. The molecule has 0 aromatic rings. The molecule has 1 aliphatic heterocycles. The third kappa shape index (κ3) is 1.26. The summed E-state index contributed by atoms with van der Waals surface area (Å²) >= 11 is 0. The molecular weight excluding hydrogens is 110 g/mol. The topological polar surface area (TPSA) is 12.0 Å². The van der Waals surface area contributed by atoms with Crippen molar-refractivity contribution >= 4 is 0 Å². The Balaban J connectivity index is 2.44. The molecular formula is C8H17N. The van der Waals surface area contributed by atoms with Gasteiger partial charge in [0.1, 0.15) is 0 Å². The monoisotopic (exact) mass is 127 g/mol. The Labute approximate surface area is 57.8 Å². The summed E-state index contributed by atoms with van der Waals surface area (Å²) in [5.41, 5.74) is 0.456. The van der Waals surface area contributed by atoms with Gasteiger partial charge in [-0.15, -0.1) is 0 Å². The highest BCUT2D eigenvalue weighted by Crippen LogP contribution is 2.29. The third-order valence-electron chi connectivity index (χ3n) is 2.16. The molecule has 2 atom stereocenters. The SMILES string of the molecule is CC1CNC1C(C)(C)C. The van der Waals surface area contributed by atoms with Crippen LogP contribution in [0, 0.1) is 11.3 Å². The van der Waals surface area contributed by atoms with Crippen molar-refractivity contribution in [2.24, 2.45) is 11.3 Å². The van der Waals surface area contributed by atoms with Crippen molar-refractivity contribution in [2.45, 2.75) is 33.7 Å². The number of hydrogen-bond acceptors (Lipinski definition) is 1. The van der Waals surface area contributed by atoms with Gasteiger partial charge in [-0.1, -0.05) is 27.7 Å². The molecule has 0 radical (unpaired) electrons. The molecule has 1 N–H and O–H groups in total. The Bertz CT molecular complexity index is 102. The molecule has 1 fully saturated rings. The highest BCUT2D eigenvalue weighted by molar-refractivity contribution is 4.92. The van der Waals surface area contributed by atoms with E-state index < -0.39 is 0 Å². The van der Waals surface area contributed by atoms with Gasteiger partial charge in [0.15, 0.2) is 0 Å². The van der Waals surface area contributed by atoms with E-state index in [0.29, 0.717) is 5.41 Å². The number of rotatable bonds is 0. The predicted octanol–water partition coefficient (Wildman–Crippen LogP) is 1.64. The molecule has 0 aromatic heterocycles. The van der Waals surface area contributed by atoms with E-state index in [1.54, 1.807) is 0 Å². The van der Waals surface area contributed by atoms with Crippen LogP contribution in [0.1, 0.15) is 27.7 Å². The zero-order valence-electron chi connectivity index (χ0n) is 6.86. The van der Waals surface area contributed by atoms with Crippen LogP contribution in [0.3, 0.4) is 0 Å². The van der Waals surface area contributed by atoms with Crippen molar-refractivity contribution in [2.75, 3.05) is 6.54 Å². The molecule has 1 heteroatoms. The second-order valence-electron chi connectivity index (χ2n) is 4.23.